The minimum Gasteiger partial charge on any atom is -0.356 e. The molecule has 0 aliphatic carbocycles. The summed E-state index contributed by atoms with van der Waals surface area (Å²) in [7, 11) is 0. The van der Waals surface area contributed by atoms with Gasteiger partial charge in [0.1, 0.15) is 5.82 Å². The van der Waals surface area contributed by atoms with Crippen LogP contribution in [0.2, 0.25) is 0 Å². The maximum Gasteiger partial charge on any atom is 0.171 e. The Morgan fingerprint density at radius 1 is 1.14 bits per heavy atom. The van der Waals surface area contributed by atoms with E-state index in [2.05, 4.69) is 42.7 Å². The van der Waals surface area contributed by atoms with Gasteiger partial charge in [-0.2, -0.15) is 0 Å². The Bertz CT molecular complexity index is 655. The number of thiocarbonyl (C=S) groups is 1. The molecule has 0 saturated carbocycles. The Hall–Kier alpha value is -1.94. The molecule has 2 rings (SSSR count). The van der Waals surface area contributed by atoms with E-state index in [0.29, 0.717) is 10.8 Å². The Morgan fingerprint density at radius 3 is 2.52 bits per heavy atom. The van der Waals surface area contributed by atoms with E-state index < -0.39 is 0 Å². The molecule has 2 N–H and O–H groups in total. The zero-order chi connectivity index (χ0) is 15.4. The van der Waals surface area contributed by atoms with Crippen molar-refractivity contribution in [1.82, 2.24) is 5.32 Å². The van der Waals surface area contributed by atoms with Gasteiger partial charge in [-0.1, -0.05) is 35.9 Å². The minimum atomic E-state index is -0.319. The third-order valence-electron chi connectivity index (χ3n) is 3.36. The van der Waals surface area contributed by atoms with Gasteiger partial charge in [-0.15, -0.1) is 0 Å². The zero-order valence-electron chi connectivity index (χ0n) is 12.4. The van der Waals surface area contributed by atoms with E-state index in [1.807, 2.05) is 6.92 Å². The van der Waals surface area contributed by atoms with Crippen molar-refractivity contribution in [3.05, 3.63) is 65.0 Å². The number of halogens is 1. The monoisotopic (exact) mass is 302 g/mol. The van der Waals surface area contributed by atoms with E-state index in [1.165, 1.54) is 22.8 Å². The van der Waals surface area contributed by atoms with Gasteiger partial charge >= 0.3 is 0 Å². The smallest absolute Gasteiger partial charge is 0.171 e. The molecule has 2 nitrogen and oxygen atoms in total. The molecule has 0 heterocycles. The third kappa shape index (κ3) is 4.02. The van der Waals surface area contributed by atoms with Crippen LogP contribution < -0.4 is 10.6 Å². The van der Waals surface area contributed by atoms with Gasteiger partial charge in [0.25, 0.3) is 0 Å². The van der Waals surface area contributed by atoms with Crippen molar-refractivity contribution in [3.8, 4) is 0 Å². The standard InChI is InChI=1S/C17H19FN2S/c1-11-8-9-14(12(2)10-11)13(3)19-17(21)20-16-7-5-4-6-15(16)18/h4-10,13H,1-3H3,(H2,19,20,21). The Kier molecular flexibility index (Phi) is 4.91. The Labute approximate surface area is 130 Å². The number of para-hydroxylation sites is 1. The number of hydrogen-bond acceptors (Lipinski definition) is 1. The maximum atomic E-state index is 13.6. The second kappa shape index (κ2) is 6.68. The fraction of sp³-hybridized carbons (Fsp3) is 0.235. The van der Waals surface area contributed by atoms with Gasteiger partial charge in [-0.05, 0) is 56.2 Å². The van der Waals surface area contributed by atoms with Gasteiger partial charge in [0.2, 0.25) is 0 Å². The van der Waals surface area contributed by atoms with Crippen LogP contribution in [0, 0.1) is 19.7 Å². The lowest BCUT2D eigenvalue weighted by atomic mass is 10.0. The molecule has 1 atom stereocenters. The first-order valence-corrected chi connectivity index (χ1v) is 7.27. The molecular weight excluding hydrogens is 283 g/mol. The van der Waals surface area contributed by atoms with Gasteiger partial charge in [-0.3, -0.25) is 0 Å². The van der Waals surface area contributed by atoms with Crippen LogP contribution >= 0.6 is 12.2 Å². The van der Waals surface area contributed by atoms with Crippen LogP contribution in [-0.4, -0.2) is 5.11 Å². The van der Waals surface area contributed by atoms with Crippen LogP contribution in [0.4, 0.5) is 10.1 Å². The highest BCUT2D eigenvalue weighted by atomic mass is 32.1. The van der Waals surface area contributed by atoms with Crippen LogP contribution in [0.1, 0.15) is 29.7 Å². The lowest BCUT2D eigenvalue weighted by Gasteiger charge is -2.19. The fourth-order valence-electron chi connectivity index (χ4n) is 2.31. The number of nitrogens with one attached hydrogen (secondary N) is 2. The van der Waals surface area contributed by atoms with Crippen LogP contribution in [0.15, 0.2) is 42.5 Å². The van der Waals surface area contributed by atoms with Crippen molar-refractivity contribution in [2.24, 2.45) is 0 Å². The highest BCUT2D eigenvalue weighted by Crippen LogP contribution is 2.19. The molecule has 0 bridgehead atoms. The van der Waals surface area contributed by atoms with E-state index >= 15 is 0 Å². The SMILES string of the molecule is Cc1ccc(C(C)NC(=S)Nc2ccccc2F)c(C)c1. The first-order valence-electron chi connectivity index (χ1n) is 6.86. The summed E-state index contributed by atoms with van der Waals surface area (Å²) in [4.78, 5) is 0. The van der Waals surface area contributed by atoms with Crippen LogP contribution in [0.25, 0.3) is 0 Å². The second-order valence-corrected chi connectivity index (χ2v) is 5.57. The molecule has 0 aliphatic rings. The molecule has 0 radical (unpaired) electrons. The normalized spacial score (nSPS) is 11.8. The van der Waals surface area contributed by atoms with Crippen molar-refractivity contribution in [2.75, 3.05) is 5.32 Å². The first kappa shape index (κ1) is 15.4. The average Bonchev–Trinajstić information content (AvgIpc) is 2.41. The summed E-state index contributed by atoms with van der Waals surface area (Å²) in [5.41, 5.74) is 4.00. The quantitative estimate of drug-likeness (QED) is 0.817. The van der Waals surface area contributed by atoms with E-state index in [9.17, 15) is 4.39 Å². The molecule has 0 spiro atoms. The molecule has 2 aromatic carbocycles. The summed E-state index contributed by atoms with van der Waals surface area (Å²) in [6.07, 6.45) is 0. The number of anilines is 1. The highest BCUT2D eigenvalue weighted by molar-refractivity contribution is 7.80. The first-order chi connectivity index (χ1) is 9.97. The predicted octanol–water partition coefficient (Wildman–Crippen LogP) is 4.49. The molecule has 21 heavy (non-hydrogen) atoms. The molecule has 0 fully saturated rings. The minimum absolute atomic E-state index is 0.0531. The van der Waals surface area contributed by atoms with Crippen LogP contribution in [-0.2, 0) is 0 Å². The summed E-state index contributed by atoms with van der Waals surface area (Å²) < 4.78 is 13.6. The molecule has 0 aromatic heterocycles. The lowest BCUT2D eigenvalue weighted by Crippen LogP contribution is -2.31. The van der Waals surface area contributed by atoms with Crippen LogP contribution in [0.5, 0.6) is 0 Å². The van der Waals surface area contributed by atoms with Gasteiger partial charge in [-0.25, -0.2) is 4.39 Å². The van der Waals surface area contributed by atoms with E-state index in [4.69, 9.17) is 12.2 Å². The van der Waals surface area contributed by atoms with Crippen molar-refractivity contribution >= 4 is 23.0 Å². The topological polar surface area (TPSA) is 24.1 Å². The Balaban J connectivity index is 2.04. The Morgan fingerprint density at radius 2 is 1.86 bits per heavy atom. The molecular formula is C17H19FN2S. The van der Waals surface area contributed by atoms with Crippen molar-refractivity contribution in [3.63, 3.8) is 0 Å². The second-order valence-electron chi connectivity index (χ2n) is 5.16. The molecule has 1 unspecified atom stereocenters. The average molecular weight is 302 g/mol. The molecule has 0 saturated heterocycles. The lowest BCUT2D eigenvalue weighted by molar-refractivity contribution is 0.631. The number of benzene rings is 2. The number of rotatable bonds is 3. The predicted molar refractivity (Wildman–Crippen MR) is 90.1 cm³/mol. The number of aryl methyl sites for hydroxylation is 2. The summed E-state index contributed by atoms with van der Waals surface area (Å²) in [5.74, 6) is -0.319. The van der Waals surface area contributed by atoms with Crippen molar-refractivity contribution < 1.29 is 4.39 Å². The largest absolute Gasteiger partial charge is 0.356 e. The molecule has 2 aromatic rings. The summed E-state index contributed by atoms with van der Waals surface area (Å²) >= 11 is 5.25. The van der Waals surface area contributed by atoms with E-state index in [-0.39, 0.29) is 11.9 Å². The third-order valence-corrected chi connectivity index (χ3v) is 3.58. The van der Waals surface area contributed by atoms with Gasteiger partial charge in [0, 0.05) is 0 Å². The van der Waals surface area contributed by atoms with Crippen LogP contribution in [0.3, 0.4) is 0 Å². The molecule has 0 amide bonds. The fourth-order valence-corrected chi connectivity index (χ4v) is 2.59. The van der Waals surface area contributed by atoms with Crippen molar-refractivity contribution in [2.45, 2.75) is 26.8 Å². The zero-order valence-corrected chi connectivity index (χ0v) is 13.2. The van der Waals surface area contributed by atoms with E-state index in [0.717, 1.165) is 0 Å². The van der Waals surface area contributed by atoms with Crippen molar-refractivity contribution in [1.29, 1.82) is 0 Å². The molecule has 110 valence electrons. The number of hydrogen-bond donors (Lipinski definition) is 2. The molecule has 0 aliphatic heterocycles. The van der Waals surface area contributed by atoms with Gasteiger partial charge in [0.15, 0.2) is 5.11 Å². The maximum absolute atomic E-state index is 13.6. The molecule has 4 heteroatoms. The summed E-state index contributed by atoms with van der Waals surface area (Å²) in [6, 6.07) is 12.8. The van der Waals surface area contributed by atoms with Gasteiger partial charge < -0.3 is 10.6 Å². The summed E-state index contributed by atoms with van der Waals surface area (Å²) in [6.45, 7) is 6.18. The highest BCUT2D eigenvalue weighted by Gasteiger charge is 2.10. The van der Waals surface area contributed by atoms with E-state index in [1.54, 1.807) is 18.2 Å². The van der Waals surface area contributed by atoms with Gasteiger partial charge in [0.05, 0.1) is 11.7 Å². The summed E-state index contributed by atoms with van der Waals surface area (Å²) in [5, 5.41) is 6.48.